The lowest BCUT2D eigenvalue weighted by atomic mass is 10.1. The molecule has 0 fully saturated rings. The van der Waals surface area contributed by atoms with Crippen molar-refractivity contribution in [1.82, 2.24) is 4.90 Å². The molecule has 0 atom stereocenters. The first kappa shape index (κ1) is 15.5. The predicted octanol–water partition coefficient (Wildman–Crippen LogP) is 3.63. The minimum absolute atomic E-state index is 0.252. The summed E-state index contributed by atoms with van der Waals surface area (Å²) < 4.78 is 18.4. The van der Waals surface area contributed by atoms with Crippen LogP contribution in [0.15, 0.2) is 24.3 Å². The number of halogens is 1. The number of carbonyl (C=O) groups excluding carboxylic acids is 1. The number of rotatable bonds is 4. The third kappa shape index (κ3) is 5.73. The molecule has 0 unspecified atom stereocenters. The number of carbonyl (C=O) groups is 1. The molecule has 0 aliphatic rings. The lowest BCUT2D eigenvalue weighted by Crippen LogP contribution is -2.37. The van der Waals surface area contributed by atoms with Gasteiger partial charge >= 0.3 is 6.09 Å². The van der Waals surface area contributed by atoms with Crippen molar-refractivity contribution in [2.24, 2.45) is 0 Å². The first-order valence-corrected chi connectivity index (χ1v) is 6.54. The Morgan fingerprint density at radius 3 is 2.58 bits per heavy atom. The molecular formula is C15H22FNO2. The van der Waals surface area contributed by atoms with E-state index in [2.05, 4.69) is 0 Å². The van der Waals surface area contributed by atoms with Crippen molar-refractivity contribution in [2.45, 2.75) is 39.7 Å². The first-order chi connectivity index (χ1) is 8.81. The van der Waals surface area contributed by atoms with Crippen molar-refractivity contribution in [1.29, 1.82) is 0 Å². The molecular weight excluding hydrogens is 245 g/mol. The maximum Gasteiger partial charge on any atom is 0.410 e. The van der Waals surface area contributed by atoms with Crippen molar-refractivity contribution in [3.8, 4) is 0 Å². The smallest absolute Gasteiger partial charge is 0.410 e. The summed E-state index contributed by atoms with van der Waals surface area (Å²) in [6.07, 6.45) is 0.289. The van der Waals surface area contributed by atoms with E-state index in [1.165, 1.54) is 12.1 Å². The van der Waals surface area contributed by atoms with Gasteiger partial charge in [-0.25, -0.2) is 9.18 Å². The highest BCUT2D eigenvalue weighted by Crippen LogP contribution is 2.11. The van der Waals surface area contributed by atoms with Crippen molar-refractivity contribution < 1.29 is 13.9 Å². The van der Waals surface area contributed by atoms with Crippen LogP contribution in [0, 0.1) is 5.82 Å². The van der Waals surface area contributed by atoms with E-state index in [-0.39, 0.29) is 11.9 Å². The number of likely N-dealkylation sites (N-methyl/N-ethyl adjacent to an activating group) is 1. The molecule has 1 rings (SSSR count). The lowest BCUT2D eigenvalue weighted by molar-refractivity contribution is 0.0262. The molecule has 3 nitrogen and oxygen atoms in total. The van der Waals surface area contributed by atoms with Gasteiger partial charge in [-0.15, -0.1) is 0 Å². The van der Waals surface area contributed by atoms with Crippen LogP contribution in [0.25, 0.3) is 0 Å². The largest absolute Gasteiger partial charge is 0.444 e. The van der Waals surface area contributed by atoms with Crippen LogP contribution in [0.1, 0.15) is 33.3 Å². The third-order valence-electron chi connectivity index (χ3n) is 2.59. The fourth-order valence-electron chi connectivity index (χ4n) is 1.66. The Morgan fingerprint density at radius 1 is 1.37 bits per heavy atom. The number of hydrogen-bond donors (Lipinski definition) is 0. The van der Waals surface area contributed by atoms with Crippen molar-refractivity contribution in [2.75, 3.05) is 13.1 Å². The standard InChI is InChI=1S/C15H22FNO2/c1-5-17(14(18)19-15(2,3)4)10-9-12-7-6-8-13(16)11-12/h6-8,11H,5,9-10H2,1-4H3. The Morgan fingerprint density at radius 2 is 2.05 bits per heavy atom. The zero-order valence-electron chi connectivity index (χ0n) is 12.1. The average molecular weight is 267 g/mol. The summed E-state index contributed by atoms with van der Waals surface area (Å²) in [6, 6.07) is 6.43. The number of ether oxygens (including phenoxy) is 1. The molecule has 0 saturated heterocycles. The minimum atomic E-state index is -0.497. The molecule has 0 aliphatic heterocycles. The van der Waals surface area contributed by atoms with Crippen molar-refractivity contribution >= 4 is 6.09 Å². The van der Waals surface area contributed by atoms with Crippen LogP contribution < -0.4 is 0 Å². The molecule has 0 spiro atoms. The topological polar surface area (TPSA) is 29.5 Å². The third-order valence-corrected chi connectivity index (χ3v) is 2.59. The average Bonchev–Trinajstić information content (AvgIpc) is 2.27. The second kappa shape index (κ2) is 6.55. The summed E-state index contributed by atoms with van der Waals surface area (Å²) in [5.41, 5.74) is 0.380. The van der Waals surface area contributed by atoms with Crippen LogP contribution >= 0.6 is 0 Å². The summed E-state index contributed by atoms with van der Waals surface area (Å²) in [5.74, 6) is -0.252. The molecule has 0 heterocycles. The molecule has 19 heavy (non-hydrogen) atoms. The highest BCUT2D eigenvalue weighted by molar-refractivity contribution is 5.68. The van der Waals surface area contributed by atoms with E-state index >= 15 is 0 Å². The summed E-state index contributed by atoms with van der Waals surface area (Å²) in [4.78, 5) is 13.5. The van der Waals surface area contributed by atoms with Gasteiger partial charge in [0.2, 0.25) is 0 Å². The SMILES string of the molecule is CCN(CCc1cccc(F)c1)C(=O)OC(C)(C)C. The first-order valence-electron chi connectivity index (χ1n) is 6.54. The molecule has 0 bridgehead atoms. The van der Waals surface area contributed by atoms with Crippen molar-refractivity contribution in [3.63, 3.8) is 0 Å². The number of amides is 1. The second-order valence-corrected chi connectivity index (χ2v) is 5.44. The molecule has 106 valence electrons. The van der Waals surface area contributed by atoms with Gasteiger partial charge in [0.25, 0.3) is 0 Å². The molecule has 0 aromatic heterocycles. The summed E-state index contributed by atoms with van der Waals surface area (Å²) >= 11 is 0. The van der Waals surface area contributed by atoms with Gasteiger partial charge in [-0.3, -0.25) is 0 Å². The molecule has 1 aromatic carbocycles. The maximum absolute atomic E-state index is 13.0. The highest BCUT2D eigenvalue weighted by Gasteiger charge is 2.20. The van der Waals surface area contributed by atoms with E-state index in [1.54, 1.807) is 11.0 Å². The van der Waals surface area contributed by atoms with Crippen LogP contribution in [0.5, 0.6) is 0 Å². The molecule has 0 radical (unpaired) electrons. The normalized spacial score (nSPS) is 11.2. The Kier molecular flexibility index (Phi) is 5.33. The fraction of sp³-hybridized carbons (Fsp3) is 0.533. The molecule has 0 saturated carbocycles. The Bertz CT molecular complexity index is 426. The molecule has 1 amide bonds. The van der Waals surface area contributed by atoms with Crippen LogP contribution in [-0.4, -0.2) is 29.7 Å². The fourth-order valence-corrected chi connectivity index (χ4v) is 1.66. The molecule has 0 N–H and O–H groups in total. The van der Waals surface area contributed by atoms with Crippen LogP contribution in [0.4, 0.5) is 9.18 Å². The summed E-state index contributed by atoms with van der Waals surface area (Å²) in [7, 11) is 0. The van der Waals surface area contributed by atoms with Crippen LogP contribution in [0.2, 0.25) is 0 Å². The zero-order chi connectivity index (χ0) is 14.5. The van der Waals surface area contributed by atoms with Gasteiger partial charge in [-0.05, 0) is 51.8 Å². The minimum Gasteiger partial charge on any atom is -0.444 e. The number of benzene rings is 1. The second-order valence-electron chi connectivity index (χ2n) is 5.44. The van der Waals surface area contributed by atoms with E-state index in [4.69, 9.17) is 4.74 Å². The van der Waals surface area contributed by atoms with Gasteiger partial charge in [0, 0.05) is 13.1 Å². The van der Waals surface area contributed by atoms with Gasteiger partial charge in [0.1, 0.15) is 11.4 Å². The lowest BCUT2D eigenvalue weighted by Gasteiger charge is -2.26. The predicted molar refractivity (Wildman–Crippen MR) is 73.6 cm³/mol. The van der Waals surface area contributed by atoms with E-state index in [0.29, 0.717) is 19.5 Å². The quantitative estimate of drug-likeness (QED) is 0.833. The highest BCUT2D eigenvalue weighted by atomic mass is 19.1. The Labute approximate surface area is 114 Å². The number of hydrogen-bond acceptors (Lipinski definition) is 2. The molecule has 4 heteroatoms. The number of nitrogens with zero attached hydrogens (tertiary/aromatic N) is 1. The van der Waals surface area contributed by atoms with Gasteiger partial charge < -0.3 is 9.64 Å². The zero-order valence-corrected chi connectivity index (χ0v) is 12.1. The Hall–Kier alpha value is -1.58. The van der Waals surface area contributed by atoms with E-state index < -0.39 is 5.60 Å². The summed E-state index contributed by atoms with van der Waals surface area (Å²) in [5, 5.41) is 0. The van der Waals surface area contributed by atoms with Gasteiger partial charge in [-0.1, -0.05) is 12.1 Å². The monoisotopic (exact) mass is 267 g/mol. The van der Waals surface area contributed by atoms with E-state index in [9.17, 15) is 9.18 Å². The van der Waals surface area contributed by atoms with E-state index in [0.717, 1.165) is 5.56 Å². The van der Waals surface area contributed by atoms with Crippen molar-refractivity contribution in [3.05, 3.63) is 35.6 Å². The van der Waals surface area contributed by atoms with Crippen LogP contribution in [0.3, 0.4) is 0 Å². The maximum atomic E-state index is 13.0. The van der Waals surface area contributed by atoms with Gasteiger partial charge in [-0.2, -0.15) is 0 Å². The Balaban J connectivity index is 2.55. The van der Waals surface area contributed by atoms with Crippen LogP contribution in [-0.2, 0) is 11.2 Å². The summed E-state index contributed by atoms with van der Waals surface area (Å²) in [6.45, 7) is 8.51. The molecule has 0 aliphatic carbocycles. The van der Waals surface area contributed by atoms with E-state index in [1.807, 2.05) is 33.8 Å². The van der Waals surface area contributed by atoms with Gasteiger partial charge in [0.05, 0.1) is 0 Å². The molecule has 1 aromatic rings. The van der Waals surface area contributed by atoms with Gasteiger partial charge in [0.15, 0.2) is 0 Å².